The van der Waals surface area contributed by atoms with Gasteiger partial charge in [0.1, 0.15) is 0 Å². The maximum Gasteiger partial charge on any atom is 0.187 e. The molecule has 1 aromatic carbocycles. The molecule has 0 amide bonds. The largest absolute Gasteiger partial charge is 0.493 e. The molecule has 7 nitrogen and oxygen atoms in total. The van der Waals surface area contributed by atoms with E-state index in [0.29, 0.717) is 16.6 Å². The Labute approximate surface area is 160 Å². The number of morpholine rings is 1. The Kier molecular flexibility index (Phi) is 8.60. The predicted molar refractivity (Wildman–Crippen MR) is 107 cm³/mol. The molecule has 8 heteroatoms. The lowest BCUT2D eigenvalue weighted by molar-refractivity contribution is 0.0389. The summed E-state index contributed by atoms with van der Waals surface area (Å²) in [4.78, 5) is 2.35. The number of thiocarbonyl (C=S) groups is 1. The summed E-state index contributed by atoms with van der Waals surface area (Å²) < 4.78 is 16.0. The molecule has 0 radical (unpaired) electrons. The number of hydrogen-bond donors (Lipinski definition) is 2. The summed E-state index contributed by atoms with van der Waals surface area (Å²) >= 11 is 5.31. The molecule has 1 heterocycles. The number of benzene rings is 1. The maximum absolute atomic E-state index is 5.36. The van der Waals surface area contributed by atoms with Crippen molar-refractivity contribution in [1.82, 2.24) is 15.6 Å². The molecule has 0 unspecified atom stereocenters. The van der Waals surface area contributed by atoms with Crippen LogP contribution in [0.5, 0.6) is 11.5 Å². The topological polar surface area (TPSA) is 67.4 Å². The van der Waals surface area contributed by atoms with Crippen molar-refractivity contribution in [3.63, 3.8) is 0 Å². The number of rotatable bonds is 8. The fourth-order valence-corrected chi connectivity index (χ4v) is 2.82. The number of hydrazone groups is 1. The number of ether oxygens (including phenoxy) is 3. The summed E-state index contributed by atoms with van der Waals surface area (Å²) in [7, 11) is 3.24. The van der Waals surface area contributed by atoms with Crippen molar-refractivity contribution in [3.05, 3.63) is 23.8 Å². The van der Waals surface area contributed by atoms with E-state index in [1.165, 1.54) is 0 Å². The molecule has 1 aromatic rings. The molecule has 0 bridgehead atoms. The summed E-state index contributed by atoms with van der Waals surface area (Å²) in [5, 5.41) is 8.15. The van der Waals surface area contributed by atoms with Crippen molar-refractivity contribution >= 4 is 23.0 Å². The first-order valence-corrected chi connectivity index (χ1v) is 9.21. The quantitative estimate of drug-likeness (QED) is 0.403. The van der Waals surface area contributed by atoms with Gasteiger partial charge in [-0.1, -0.05) is 6.92 Å². The van der Waals surface area contributed by atoms with E-state index in [1.807, 2.05) is 25.1 Å². The Bertz CT molecular complexity index is 618. The van der Waals surface area contributed by atoms with Crippen molar-refractivity contribution in [1.29, 1.82) is 0 Å². The maximum atomic E-state index is 5.36. The van der Waals surface area contributed by atoms with Gasteiger partial charge in [-0.05, 0) is 36.8 Å². The minimum absolute atomic E-state index is 0.518. The Hall–Kier alpha value is -1.90. The van der Waals surface area contributed by atoms with Gasteiger partial charge in [0.2, 0.25) is 0 Å². The monoisotopic (exact) mass is 380 g/mol. The van der Waals surface area contributed by atoms with E-state index in [0.717, 1.165) is 57.1 Å². The minimum atomic E-state index is 0.518. The van der Waals surface area contributed by atoms with Crippen LogP contribution in [0.25, 0.3) is 0 Å². The first-order valence-electron chi connectivity index (χ1n) is 8.80. The van der Waals surface area contributed by atoms with E-state index in [2.05, 4.69) is 20.7 Å². The lowest BCUT2D eigenvalue weighted by atomic mass is 10.1. The first kappa shape index (κ1) is 20.4. The van der Waals surface area contributed by atoms with Crippen LogP contribution in [0, 0.1) is 0 Å². The number of nitrogens with zero attached hydrogens (tertiary/aromatic N) is 2. The van der Waals surface area contributed by atoms with Crippen LogP contribution in [0.4, 0.5) is 0 Å². The molecule has 0 spiro atoms. The second-order valence-electron chi connectivity index (χ2n) is 5.80. The van der Waals surface area contributed by atoms with Gasteiger partial charge in [0.05, 0.1) is 33.1 Å². The van der Waals surface area contributed by atoms with E-state index >= 15 is 0 Å². The molecule has 2 rings (SSSR count). The van der Waals surface area contributed by atoms with Gasteiger partial charge in [-0.15, -0.1) is 0 Å². The van der Waals surface area contributed by atoms with Gasteiger partial charge >= 0.3 is 0 Å². The van der Waals surface area contributed by atoms with E-state index in [-0.39, 0.29) is 0 Å². The van der Waals surface area contributed by atoms with E-state index in [1.54, 1.807) is 14.2 Å². The summed E-state index contributed by atoms with van der Waals surface area (Å²) in [6, 6.07) is 5.75. The van der Waals surface area contributed by atoms with Gasteiger partial charge in [0.15, 0.2) is 16.6 Å². The number of nitrogens with one attached hydrogen (secondary N) is 2. The summed E-state index contributed by atoms with van der Waals surface area (Å²) in [5.74, 6) is 1.37. The molecule has 1 saturated heterocycles. The van der Waals surface area contributed by atoms with Crippen molar-refractivity contribution < 1.29 is 14.2 Å². The lowest BCUT2D eigenvalue weighted by Gasteiger charge is -2.26. The zero-order valence-corrected chi connectivity index (χ0v) is 16.5. The van der Waals surface area contributed by atoms with E-state index in [4.69, 9.17) is 26.4 Å². The number of methoxy groups -OCH3 is 2. The van der Waals surface area contributed by atoms with Gasteiger partial charge in [0, 0.05) is 31.7 Å². The highest BCUT2D eigenvalue weighted by Crippen LogP contribution is 2.28. The molecule has 1 fully saturated rings. The van der Waals surface area contributed by atoms with Crippen molar-refractivity contribution in [3.8, 4) is 11.5 Å². The number of hydrogen-bond acceptors (Lipinski definition) is 6. The first-order chi connectivity index (χ1) is 12.7. The van der Waals surface area contributed by atoms with Crippen LogP contribution >= 0.6 is 12.2 Å². The Balaban J connectivity index is 1.86. The Morgan fingerprint density at radius 2 is 1.96 bits per heavy atom. The van der Waals surface area contributed by atoms with Gasteiger partial charge in [-0.3, -0.25) is 10.3 Å². The molecular weight excluding hydrogens is 352 g/mol. The molecule has 0 atom stereocenters. The predicted octanol–water partition coefficient (Wildman–Crippen LogP) is 1.61. The molecular formula is C18H28N4O3S. The lowest BCUT2D eigenvalue weighted by Crippen LogP contribution is -2.43. The fraction of sp³-hybridized carbons (Fsp3) is 0.556. The van der Waals surface area contributed by atoms with E-state index in [9.17, 15) is 0 Å². The zero-order chi connectivity index (χ0) is 18.8. The van der Waals surface area contributed by atoms with Crippen LogP contribution in [0.1, 0.15) is 18.9 Å². The van der Waals surface area contributed by atoms with Crippen LogP contribution in [-0.4, -0.2) is 69.3 Å². The second-order valence-corrected chi connectivity index (χ2v) is 6.21. The SMILES string of the molecule is CC/C(=N\NC(=S)NCCN1CCOCC1)c1ccc(OC)c(OC)c1. The third kappa shape index (κ3) is 6.12. The van der Waals surface area contributed by atoms with Gasteiger partial charge in [0.25, 0.3) is 0 Å². The van der Waals surface area contributed by atoms with Crippen LogP contribution in [0.15, 0.2) is 23.3 Å². The summed E-state index contributed by atoms with van der Waals surface area (Å²) in [6.07, 6.45) is 0.763. The zero-order valence-electron chi connectivity index (χ0n) is 15.7. The molecule has 144 valence electrons. The second kappa shape index (κ2) is 10.9. The highest BCUT2D eigenvalue weighted by atomic mass is 32.1. The standard InChI is InChI=1S/C18H28N4O3S/c1-4-15(14-5-6-16(23-2)17(13-14)24-3)20-21-18(26)19-7-8-22-9-11-25-12-10-22/h5-6,13H,4,7-12H2,1-3H3,(H2,19,21,26)/b20-15+. The third-order valence-corrected chi connectivity index (χ3v) is 4.40. The van der Waals surface area contributed by atoms with E-state index < -0.39 is 0 Å². The Morgan fingerprint density at radius 3 is 2.62 bits per heavy atom. The highest BCUT2D eigenvalue weighted by Gasteiger charge is 2.10. The molecule has 26 heavy (non-hydrogen) atoms. The van der Waals surface area contributed by atoms with Crippen molar-refractivity contribution in [2.45, 2.75) is 13.3 Å². The smallest absolute Gasteiger partial charge is 0.187 e. The van der Waals surface area contributed by atoms with Gasteiger partial charge in [-0.25, -0.2) is 0 Å². The summed E-state index contributed by atoms with van der Waals surface area (Å²) in [5.41, 5.74) is 4.79. The minimum Gasteiger partial charge on any atom is -0.493 e. The molecule has 2 N–H and O–H groups in total. The van der Waals surface area contributed by atoms with Crippen molar-refractivity contribution in [2.24, 2.45) is 5.10 Å². The average Bonchev–Trinajstić information content (AvgIpc) is 2.69. The van der Waals surface area contributed by atoms with Gasteiger partial charge in [-0.2, -0.15) is 5.10 Å². The van der Waals surface area contributed by atoms with Crippen LogP contribution < -0.4 is 20.2 Å². The molecule has 0 saturated carbocycles. The average molecular weight is 381 g/mol. The normalized spacial score (nSPS) is 15.4. The van der Waals surface area contributed by atoms with Crippen LogP contribution in [-0.2, 0) is 4.74 Å². The van der Waals surface area contributed by atoms with Gasteiger partial charge < -0.3 is 19.5 Å². The molecule has 0 aromatic heterocycles. The molecule has 0 aliphatic carbocycles. The molecule has 1 aliphatic heterocycles. The fourth-order valence-electron chi connectivity index (χ4n) is 2.67. The van der Waals surface area contributed by atoms with Crippen LogP contribution in [0.3, 0.4) is 0 Å². The highest BCUT2D eigenvalue weighted by molar-refractivity contribution is 7.80. The molecule has 1 aliphatic rings. The third-order valence-electron chi connectivity index (χ3n) is 4.16. The Morgan fingerprint density at radius 1 is 1.23 bits per heavy atom. The van der Waals surface area contributed by atoms with Crippen LogP contribution in [0.2, 0.25) is 0 Å². The summed E-state index contributed by atoms with van der Waals surface area (Å²) in [6.45, 7) is 7.31. The van der Waals surface area contributed by atoms with Crippen molar-refractivity contribution in [2.75, 3.05) is 53.6 Å².